The molecule has 1 saturated heterocycles. The van der Waals surface area contributed by atoms with Crippen molar-refractivity contribution >= 4 is 17.3 Å². The first-order chi connectivity index (χ1) is 10.1. The topological polar surface area (TPSA) is 57.1 Å². The third-order valence-corrected chi connectivity index (χ3v) is 4.43. The van der Waals surface area contributed by atoms with Gasteiger partial charge in [-0.2, -0.15) is 5.10 Å². The Morgan fingerprint density at radius 1 is 1.52 bits per heavy atom. The highest BCUT2D eigenvalue weighted by Gasteiger charge is 2.36. The van der Waals surface area contributed by atoms with Crippen molar-refractivity contribution in [3.63, 3.8) is 0 Å². The number of hydrogen-bond donors (Lipinski definition) is 2. The Bertz CT molecular complexity index is 576. The highest BCUT2D eigenvalue weighted by molar-refractivity contribution is 6.32. The Morgan fingerprint density at radius 3 is 3.10 bits per heavy atom. The van der Waals surface area contributed by atoms with Gasteiger partial charge >= 0.3 is 0 Å². The minimum absolute atomic E-state index is 0.00201. The Kier molecular flexibility index (Phi) is 3.95. The molecule has 1 aromatic rings. The number of fused-ring (bicyclic) bond motifs is 1. The molecule has 0 bridgehead atoms. The van der Waals surface area contributed by atoms with Crippen molar-refractivity contribution in [1.82, 2.24) is 10.3 Å². The summed E-state index contributed by atoms with van der Waals surface area (Å²) in [5.74, 6) is 0.778. The number of nitrogens with zero attached hydrogens (tertiary/aromatic N) is 2. The monoisotopic (exact) mass is 309 g/mol. The molecule has 2 aliphatic rings. The van der Waals surface area contributed by atoms with Crippen LogP contribution in [0.15, 0.2) is 17.2 Å². The predicted molar refractivity (Wildman–Crippen MR) is 83.2 cm³/mol. The van der Waals surface area contributed by atoms with Gasteiger partial charge in [-0.05, 0) is 31.7 Å². The summed E-state index contributed by atoms with van der Waals surface area (Å²) in [5, 5.41) is 14.7. The van der Waals surface area contributed by atoms with E-state index < -0.39 is 0 Å². The van der Waals surface area contributed by atoms with Gasteiger partial charge in [0.1, 0.15) is 0 Å². The standard InChI is InChI=1S/C15H20ClN3O2/c1-3-21-13-7-9(6-11(16)15(13)20)14-10-8-19(2)5-4-12(10)17-18-14/h6-7,10,14,18,20H,3-5,8H2,1-2H3. The summed E-state index contributed by atoms with van der Waals surface area (Å²) in [5.41, 5.74) is 5.44. The number of hydrogen-bond acceptors (Lipinski definition) is 5. The van der Waals surface area contributed by atoms with E-state index in [2.05, 4.69) is 22.5 Å². The molecule has 2 unspecified atom stereocenters. The van der Waals surface area contributed by atoms with E-state index in [1.54, 1.807) is 6.07 Å². The van der Waals surface area contributed by atoms with Crippen molar-refractivity contribution in [2.75, 3.05) is 26.7 Å². The van der Waals surface area contributed by atoms with E-state index in [9.17, 15) is 5.11 Å². The van der Waals surface area contributed by atoms with Crippen molar-refractivity contribution in [2.45, 2.75) is 19.4 Å². The Morgan fingerprint density at radius 2 is 2.33 bits per heavy atom. The second-order valence-electron chi connectivity index (χ2n) is 5.61. The van der Waals surface area contributed by atoms with Gasteiger partial charge in [0.2, 0.25) is 0 Å². The SMILES string of the molecule is CCOc1cc(C2NN=C3CCN(C)CC32)cc(Cl)c1O. The smallest absolute Gasteiger partial charge is 0.176 e. The van der Waals surface area contributed by atoms with Crippen LogP contribution in [0.5, 0.6) is 11.5 Å². The minimum atomic E-state index is 0.00201. The second kappa shape index (κ2) is 5.73. The number of phenols is 1. The van der Waals surface area contributed by atoms with Crippen LogP contribution in [-0.2, 0) is 0 Å². The van der Waals surface area contributed by atoms with Crippen molar-refractivity contribution < 1.29 is 9.84 Å². The molecule has 0 radical (unpaired) electrons. The van der Waals surface area contributed by atoms with Crippen LogP contribution in [0.2, 0.25) is 5.02 Å². The third kappa shape index (κ3) is 2.68. The average Bonchev–Trinajstić information content (AvgIpc) is 2.86. The number of benzene rings is 1. The molecule has 5 nitrogen and oxygen atoms in total. The number of piperidine rings is 1. The lowest BCUT2D eigenvalue weighted by molar-refractivity contribution is 0.272. The number of phenolic OH excluding ortho intramolecular Hbond substituents is 1. The molecule has 2 atom stereocenters. The maximum Gasteiger partial charge on any atom is 0.176 e. The molecular formula is C15H20ClN3O2. The van der Waals surface area contributed by atoms with Gasteiger partial charge in [-0.1, -0.05) is 11.6 Å². The Balaban J connectivity index is 1.90. The van der Waals surface area contributed by atoms with Crippen molar-refractivity contribution in [2.24, 2.45) is 11.0 Å². The maximum absolute atomic E-state index is 9.96. The summed E-state index contributed by atoms with van der Waals surface area (Å²) >= 11 is 6.13. The number of likely N-dealkylation sites (tertiary alicyclic amines) is 1. The summed E-state index contributed by atoms with van der Waals surface area (Å²) < 4.78 is 5.46. The fraction of sp³-hybridized carbons (Fsp3) is 0.533. The van der Waals surface area contributed by atoms with Gasteiger partial charge in [-0.25, -0.2) is 0 Å². The molecule has 1 aromatic carbocycles. The Labute approximate surface area is 129 Å². The van der Waals surface area contributed by atoms with E-state index in [1.165, 1.54) is 5.71 Å². The van der Waals surface area contributed by atoms with E-state index in [-0.39, 0.29) is 11.8 Å². The molecule has 0 aliphatic carbocycles. The molecule has 21 heavy (non-hydrogen) atoms. The molecule has 114 valence electrons. The zero-order chi connectivity index (χ0) is 15.0. The summed E-state index contributed by atoms with van der Waals surface area (Å²) in [6, 6.07) is 3.74. The molecule has 0 amide bonds. The van der Waals surface area contributed by atoms with Crippen LogP contribution in [0.3, 0.4) is 0 Å². The van der Waals surface area contributed by atoms with Crippen LogP contribution < -0.4 is 10.2 Å². The minimum Gasteiger partial charge on any atom is -0.503 e. The lowest BCUT2D eigenvalue weighted by Gasteiger charge is -2.31. The highest BCUT2D eigenvalue weighted by atomic mass is 35.5. The van der Waals surface area contributed by atoms with Gasteiger partial charge < -0.3 is 20.2 Å². The third-order valence-electron chi connectivity index (χ3n) is 4.15. The van der Waals surface area contributed by atoms with Crippen molar-refractivity contribution in [3.8, 4) is 11.5 Å². The fourth-order valence-electron chi connectivity index (χ4n) is 3.05. The average molecular weight is 310 g/mol. The van der Waals surface area contributed by atoms with Crippen LogP contribution in [0, 0.1) is 5.92 Å². The zero-order valence-corrected chi connectivity index (χ0v) is 13.0. The van der Waals surface area contributed by atoms with E-state index in [1.807, 2.05) is 13.0 Å². The van der Waals surface area contributed by atoms with Gasteiger partial charge in [0.05, 0.1) is 17.7 Å². The van der Waals surface area contributed by atoms with Crippen LogP contribution >= 0.6 is 11.6 Å². The number of nitrogens with one attached hydrogen (secondary N) is 1. The van der Waals surface area contributed by atoms with E-state index in [0.717, 1.165) is 25.1 Å². The molecular weight excluding hydrogens is 290 g/mol. The maximum atomic E-state index is 9.96. The summed E-state index contributed by atoms with van der Waals surface area (Å²) in [6.45, 7) is 4.38. The van der Waals surface area contributed by atoms with Gasteiger partial charge in [-0.15, -0.1) is 0 Å². The molecule has 0 saturated carbocycles. The lowest BCUT2D eigenvalue weighted by Crippen LogP contribution is -2.39. The molecule has 2 aliphatic heterocycles. The fourth-order valence-corrected chi connectivity index (χ4v) is 3.27. The molecule has 2 heterocycles. The van der Waals surface area contributed by atoms with Gasteiger partial charge in [0, 0.05) is 31.1 Å². The lowest BCUT2D eigenvalue weighted by atomic mass is 9.86. The molecule has 0 aromatic heterocycles. The molecule has 6 heteroatoms. The number of ether oxygens (including phenoxy) is 1. The largest absolute Gasteiger partial charge is 0.503 e. The molecule has 1 fully saturated rings. The Hall–Kier alpha value is -1.46. The van der Waals surface area contributed by atoms with Gasteiger partial charge in [0.15, 0.2) is 11.5 Å². The van der Waals surface area contributed by atoms with Gasteiger partial charge in [0.25, 0.3) is 0 Å². The summed E-state index contributed by atoms with van der Waals surface area (Å²) in [7, 11) is 2.13. The number of halogens is 1. The molecule has 3 rings (SSSR count). The second-order valence-corrected chi connectivity index (χ2v) is 6.02. The van der Waals surface area contributed by atoms with Gasteiger partial charge in [-0.3, -0.25) is 0 Å². The first-order valence-electron chi connectivity index (χ1n) is 7.26. The highest BCUT2D eigenvalue weighted by Crippen LogP contribution is 2.40. The summed E-state index contributed by atoms with van der Waals surface area (Å²) in [6.07, 6.45) is 0.995. The first kappa shape index (κ1) is 14.5. The quantitative estimate of drug-likeness (QED) is 0.900. The number of rotatable bonds is 3. The van der Waals surface area contributed by atoms with Crippen LogP contribution in [0.1, 0.15) is 24.9 Å². The number of hydrazone groups is 1. The van der Waals surface area contributed by atoms with Crippen LogP contribution in [0.25, 0.3) is 0 Å². The van der Waals surface area contributed by atoms with Crippen LogP contribution in [-0.4, -0.2) is 42.5 Å². The van der Waals surface area contributed by atoms with E-state index >= 15 is 0 Å². The van der Waals surface area contributed by atoms with E-state index in [0.29, 0.717) is 23.3 Å². The molecule has 2 N–H and O–H groups in total. The van der Waals surface area contributed by atoms with Crippen molar-refractivity contribution in [1.29, 1.82) is 0 Å². The normalized spacial score (nSPS) is 25.2. The van der Waals surface area contributed by atoms with E-state index in [4.69, 9.17) is 16.3 Å². The first-order valence-corrected chi connectivity index (χ1v) is 7.63. The van der Waals surface area contributed by atoms with Crippen molar-refractivity contribution in [3.05, 3.63) is 22.7 Å². The zero-order valence-electron chi connectivity index (χ0n) is 12.3. The number of aromatic hydroxyl groups is 1. The van der Waals surface area contributed by atoms with Crippen LogP contribution in [0.4, 0.5) is 0 Å². The summed E-state index contributed by atoms with van der Waals surface area (Å²) in [4.78, 5) is 2.31. The molecule has 0 spiro atoms. The predicted octanol–water partition coefficient (Wildman–Crippen LogP) is 2.40.